The van der Waals surface area contributed by atoms with E-state index in [-0.39, 0.29) is 0 Å². The molecule has 2 rings (SSSR count). The Morgan fingerprint density at radius 3 is 2.83 bits per heavy atom. The maximum absolute atomic E-state index is 5.99. The molecule has 0 atom stereocenters. The average molecular weight is 334 g/mol. The Morgan fingerprint density at radius 2 is 2.13 bits per heavy atom. The molecule has 2 N–H and O–H groups in total. The second-order valence-corrected chi connectivity index (χ2v) is 5.88. The Morgan fingerprint density at radius 1 is 1.30 bits per heavy atom. The van der Waals surface area contributed by atoms with Gasteiger partial charge < -0.3 is 10.6 Å². The minimum absolute atomic E-state index is 0.777. The van der Waals surface area contributed by atoms with Crippen molar-refractivity contribution >= 4 is 17.6 Å². The van der Waals surface area contributed by atoms with Crippen molar-refractivity contribution in [2.45, 2.75) is 26.3 Å². The van der Waals surface area contributed by atoms with Crippen LogP contribution in [0, 0.1) is 6.92 Å². The predicted molar refractivity (Wildman–Crippen MR) is 96.1 cm³/mol. The van der Waals surface area contributed by atoms with Gasteiger partial charge in [-0.25, -0.2) is 0 Å². The van der Waals surface area contributed by atoms with Gasteiger partial charge in [-0.2, -0.15) is 5.10 Å². The van der Waals surface area contributed by atoms with Crippen LogP contribution >= 0.6 is 11.6 Å². The number of rotatable bonds is 7. The molecule has 0 unspecified atom stereocenters. The lowest BCUT2D eigenvalue weighted by Gasteiger charge is -2.12. The monoisotopic (exact) mass is 333 g/mol. The second-order valence-electron chi connectivity index (χ2n) is 5.44. The fourth-order valence-corrected chi connectivity index (χ4v) is 2.49. The van der Waals surface area contributed by atoms with E-state index in [1.54, 1.807) is 7.05 Å². The van der Waals surface area contributed by atoms with Crippen LogP contribution in [0.15, 0.2) is 41.7 Å². The summed E-state index contributed by atoms with van der Waals surface area (Å²) < 4.78 is 1.96. The van der Waals surface area contributed by atoms with Crippen LogP contribution in [0.3, 0.4) is 0 Å². The number of guanidine groups is 1. The highest BCUT2D eigenvalue weighted by Gasteiger charge is 1.99. The molecule has 6 heteroatoms. The van der Waals surface area contributed by atoms with E-state index in [0.717, 1.165) is 43.5 Å². The van der Waals surface area contributed by atoms with Crippen LogP contribution in [0.4, 0.5) is 0 Å². The maximum Gasteiger partial charge on any atom is 0.190 e. The first-order valence-electron chi connectivity index (χ1n) is 7.85. The summed E-state index contributed by atoms with van der Waals surface area (Å²) >= 11 is 5.99. The third kappa shape index (κ3) is 6.32. The zero-order valence-electron chi connectivity index (χ0n) is 13.7. The van der Waals surface area contributed by atoms with Crippen molar-refractivity contribution in [2.24, 2.45) is 4.99 Å². The normalized spacial score (nSPS) is 11.5. The smallest absolute Gasteiger partial charge is 0.190 e. The van der Waals surface area contributed by atoms with E-state index in [1.807, 2.05) is 36.0 Å². The summed E-state index contributed by atoms with van der Waals surface area (Å²) in [5.41, 5.74) is 2.41. The lowest BCUT2D eigenvalue weighted by Crippen LogP contribution is -2.39. The Kier molecular flexibility index (Phi) is 6.94. The summed E-state index contributed by atoms with van der Waals surface area (Å²) in [6, 6.07) is 7.93. The molecular weight excluding hydrogens is 310 g/mol. The number of halogens is 1. The molecule has 23 heavy (non-hydrogen) atoms. The molecule has 0 aliphatic carbocycles. The third-order valence-electron chi connectivity index (χ3n) is 3.44. The van der Waals surface area contributed by atoms with Gasteiger partial charge in [0.15, 0.2) is 5.96 Å². The van der Waals surface area contributed by atoms with Crippen molar-refractivity contribution < 1.29 is 0 Å². The van der Waals surface area contributed by atoms with Crippen molar-refractivity contribution in [1.82, 2.24) is 20.4 Å². The molecule has 0 radical (unpaired) electrons. The number of hydrogen-bond donors (Lipinski definition) is 2. The van der Waals surface area contributed by atoms with E-state index >= 15 is 0 Å². The molecule has 0 aliphatic heterocycles. The van der Waals surface area contributed by atoms with Gasteiger partial charge in [0.2, 0.25) is 0 Å². The molecule has 1 heterocycles. The van der Waals surface area contributed by atoms with E-state index in [2.05, 4.69) is 33.0 Å². The highest BCUT2D eigenvalue weighted by Crippen LogP contribution is 2.10. The summed E-state index contributed by atoms with van der Waals surface area (Å²) in [5, 5.41) is 11.7. The number of nitrogens with zero attached hydrogens (tertiary/aromatic N) is 3. The highest BCUT2D eigenvalue weighted by atomic mass is 35.5. The first-order valence-corrected chi connectivity index (χ1v) is 8.23. The van der Waals surface area contributed by atoms with Gasteiger partial charge in [-0.3, -0.25) is 9.67 Å². The topological polar surface area (TPSA) is 54.2 Å². The van der Waals surface area contributed by atoms with Gasteiger partial charge in [0.25, 0.3) is 0 Å². The minimum atomic E-state index is 0.777. The Bertz CT molecular complexity index is 635. The quantitative estimate of drug-likeness (QED) is 0.465. The Labute approximate surface area is 142 Å². The van der Waals surface area contributed by atoms with Crippen LogP contribution in [0.2, 0.25) is 5.02 Å². The van der Waals surface area contributed by atoms with E-state index in [4.69, 9.17) is 11.6 Å². The van der Waals surface area contributed by atoms with Crippen LogP contribution < -0.4 is 10.6 Å². The van der Waals surface area contributed by atoms with Crippen molar-refractivity contribution in [2.75, 3.05) is 20.1 Å². The molecule has 5 nitrogen and oxygen atoms in total. The second kappa shape index (κ2) is 9.20. The van der Waals surface area contributed by atoms with Crippen LogP contribution in [0.25, 0.3) is 0 Å². The van der Waals surface area contributed by atoms with Crippen LogP contribution in [-0.4, -0.2) is 35.9 Å². The molecule has 0 saturated heterocycles. The summed E-state index contributed by atoms with van der Waals surface area (Å²) in [7, 11) is 1.78. The van der Waals surface area contributed by atoms with Crippen LogP contribution in [0.5, 0.6) is 0 Å². The van der Waals surface area contributed by atoms with E-state index in [9.17, 15) is 0 Å². The number of aliphatic imine (C=N–C) groups is 1. The lowest BCUT2D eigenvalue weighted by atomic mass is 10.1. The van der Waals surface area contributed by atoms with Gasteiger partial charge in [-0.1, -0.05) is 23.7 Å². The molecule has 1 aromatic carbocycles. The molecule has 0 saturated carbocycles. The zero-order valence-corrected chi connectivity index (χ0v) is 14.5. The molecular formula is C17H24ClN5. The molecule has 0 bridgehead atoms. The highest BCUT2D eigenvalue weighted by molar-refractivity contribution is 6.30. The molecule has 0 aliphatic rings. The molecule has 0 spiro atoms. The lowest BCUT2D eigenvalue weighted by molar-refractivity contribution is 0.570. The van der Waals surface area contributed by atoms with Gasteiger partial charge in [-0.05, 0) is 43.0 Å². The minimum Gasteiger partial charge on any atom is -0.356 e. The van der Waals surface area contributed by atoms with Crippen LogP contribution in [0.1, 0.15) is 17.5 Å². The van der Waals surface area contributed by atoms with Gasteiger partial charge in [0, 0.05) is 37.9 Å². The standard InChI is InChI=1S/C17H24ClN5/c1-14-12-22-23(13-14)10-4-8-20-17(19-2)21-9-7-15-5-3-6-16(18)11-15/h3,5-6,11-13H,4,7-10H2,1-2H3,(H2,19,20,21). The fourth-order valence-electron chi connectivity index (χ4n) is 2.28. The molecule has 2 aromatic rings. The van der Waals surface area contributed by atoms with Crippen molar-refractivity contribution in [3.63, 3.8) is 0 Å². The van der Waals surface area contributed by atoms with Gasteiger partial charge in [0.1, 0.15) is 0 Å². The number of benzene rings is 1. The van der Waals surface area contributed by atoms with Crippen molar-refractivity contribution in [3.05, 3.63) is 52.8 Å². The van der Waals surface area contributed by atoms with Gasteiger partial charge in [0.05, 0.1) is 6.20 Å². The van der Waals surface area contributed by atoms with Crippen LogP contribution in [-0.2, 0) is 13.0 Å². The summed E-state index contributed by atoms with van der Waals surface area (Å²) in [5.74, 6) is 0.823. The molecule has 0 amide bonds. The first kappa shape index (κ1) is 17.3. The average Bonchev–Trinajstić information content (AvgIpc) is 2.95. The number of aryl methyl sites for hydroxylation is 2. The molecule has 0 fully saturated rings. The van der Waals surface area contributed by atoms with Gasteiger partial charge in [-0.15, -0.1) is 0 Å². The summed E-state index contributed by atoms with van der Waals surface area (Å²) in [6.07, 6.45) is 5.84. The SMILES string of the molecule is CN=C(NCCCn1cc(C)cn1)NCCc1cccc(Cl)c1. The first-order chi connectivity index (χ1) is 11.2. The summed E-state index contributed by atoms with van der Waals surface area (Å²) in [4.78, 5) is 4.23. The maximum atomic E-state index is 5.99. The predicted octanol–water partition coefficient (Wildman–Crippen LogP) is 2.64. The van der Waals surface area contributed by atoms with E-state index in [0.29, 0.717) is 0 Å². The largest absolute Gasteiger partial charge is 0.356 e. The zero-order chi connectivity index (χ0) is 16.5. The molecule has 124 valence electrons. The number of nitrogens with one attached hydrogen (secondary N) is 2. The molecule has 1 aromatic heterocycles. The summed E-state index contributed by atoms with van der Waals surface area (Å²) in [6.45, 7) is 4.63. The Hall–Kier alpha value is -2.01. The number of hydrogen-bond acceptors (Lipinski definition) is 2. The van der Waals surface area contributed by atoms with Crippen molar-refractivity contribution in [3.8, 4) is 0 Å². The van der Waals surface area contributed by atoms with Gasteiger partial charge >= 0.3 is 0 Å². The van der Waals surface area contributed by atoms with Crippen molar-refractivity contribution in [1.29, 1.82) is 0 Å². The fraction of sp³-hybridized carbons (Fsp3) is 0.412. The Balaban J connectivity index is 1.63. The van der Waals surface area contributed by atoms with E-state index in [1.165, 1.54) is 11.1 Å². The van der Waals surface area contributed by atoms with E-state index < -0.39 is 0 Å². The third-order valence-corrected chi connectivity index (χ3v) is 3.67. The number of aromatic nitrogens is 2.